The molecule has 2 aliphatic rings. The van der Waals surface area contributed by atoms with E-state index in [0.29, 0.717) is 6.98 Å². The number of aryl methyl sites for hydroxylation is 1. The molecule has 4 nitrogen and oxygen atoms in total. The van der Waals surface area contributed by atoms with E-state index in [-0.39, 0.29) is 10.9 Å². The number of anilines is 1. The standard InChI is InChI=1S/C22H35BN3O/c1-7-10-11-17-12-13-18-19(16-17)27-26-20(18)25-15-14-24(6)23(25)21(4,8-2)22(26,5)9-3/h12-13,16H,7-11,14-15H2,1-6H3/q+1. The van der Waals surface area contributed by atoms with Crippen LogP contribution in [-0.2, 0) is 12.0 Å². The lowest BCUT2D eigenvalue weighted by molar-refractivity contribution is -0.904. The molecule has 0 amide bonds. The number of rotatable bonds is 5. The first-order valence-electron chi connectivity index (χ1n) is 10.9. The minimum Gasteiger partial charge on any atom is -0.304 e. The summed E-state index contributed by atoms with van der Waals surface area (Å²) in [5.74, 6) is 1.29. The highest BCUT2D eigenvalue weighted by atomic mass is 16.5. The number of benzene rings is 1. The Morgan fingerprint density at radius 2 is 1.93 bits per heavy atom. The van der Waals surface area contributed by atoms with Crippen LogP contribution in [0.15, 0.2) is 22.7 Å². The van der Waals surface area contributed by atoms with Gasteiger partial charge in [0.15, 0.2) is 11.1 Å². The van der Waals surface area contributed by atoms with E-state index in [1.807, 2.05) is 0 Å². The van der Waals surface area contributed by atoms with E-state index in [1.165, 1.54) is 29.6 Å². The number of unbranched alkanes of at least 4 members (excludes halogenated alkanes) is 1. The van der Waals surface area contributed by atoms with Gasteiger partial charge in [0.05, 0.1) is 11.9 Å². The summed E-state index contributed by atoms with van der Waals surface area (Å²) in [6, 6.07) is 6.89. The van der Waals surface area contributed by atoms with Crippen molar-refractivity contribution in [2.75, 3.05) is 24.9 Å². The van der Waals surface area contributed by atoms with Crippen LogP contribution < -0.4 is 9.55 Å². The Balaban J connectivity index is 1.94. The summed E-state index contributed by atoms with van der Waals surface area (Å²) in [4.78, 5) is 5.16. The van der Waals surface area contributed by atoms with Crippen molar-refractivity contribution in [3.63, 3.8) is 0 Å². The van der Waals surface area contributed by atoms with Crippen LogP contribution in [0.1, 0.15) is 65.9 Å². The zero-order valence-electron chi connectivity index (χ0n) is 18.0. The largest absolute Gasteiger partial charge is 0.474 e. The Bertz CT molecular complexity index is 849. The molecule has 5 heteroatoms. The molecule has 0 saturated carbocycles. The van der Waals surface area contributed by atoms with Crippen LogP contribution in [0.5, 0.6) is 0 Å². The number of nitrogens with zero attached hydrogens (tertiary/aromatic N) is 3. The highest BCUT2D eigenvalue weighted by molar-refractivity contribution is 6.65. The molecule has 1 aromatic carbocycles. The van der Waals surface area contributed by atoms with Crippen LogP contribution in [0, 0.1) is 0 Å². The summed E-state index contributed by atoms with van der Waals surface area (Å²) >= 11 is 0. The van der Waals surface area contributed by atoms with Gasteiger partial charge in [-0.15, -0.1) is 0 Å². The molecular weight excluding hydrogens is 333 g/mol. The van der Waals surface area contributed by atoms with Gasteiger partial charge in [0.2, 0.25) is 0 Å². The second-order valence-corrected chi connectivity index (χ2v) is 9.09. The normalized spacial score (nSPS) is 28.1. The summed E-state index contributed by atoms with van der Waals surface area (Å²) in [5, 5.41) is 1.40. The Labute approximate surface area is 164 Å². The zero-order valence-corrected chi connectivity index (χ0v) is 18.0. The van der Waals surface area contributed by atoms with Gasteiger partial charge in [0.1, 0.15) is 5.39 Å². The summed E-state index contributed by atoms with van der Waals surface area (Å²) in [6.07, 6.45) is 5.80. The molecule has 2 unspecified atom stereocenters. The molecule has 0 N–H and O–H groups in total. The van der Waals surface area contributed by atoms with Crippen molar-refractivity contribution >= 4 is 23.8 Å². The summed E-state index contributed by atoms with van der Waals surface area (Å²) < 4.78 is 8.89. The maximum absolute atomic E-state index is 6.61. The van der Waals surface area contributed by atoms with Crippen LogP contribution in [0.25, 0.3) is 11.0 Å². The fourth-order valence-corrected chi connectivity index (χ4v) is 5.64. The van der Waals surface area contributed by atoms with Crippen molar-refractivity contribution in [2.24, 2.45) is 0 Å². The third kappa shape index (κ3) is 2.43. The average Bonchev–Trinajstić information content (AvgIpc) is 3.25. The zero-order chi connectivity index (χ0) is 19.4. The molecule has 2 atom stereocenters. The summed E-state index contributed by atoms with van der Waals surface area (Å²) in [7, 11) is 2.29. The topological polar surface area (TPSA) is 23.5 Å². The molecule has 2 aromatic rings. The third-order valence-electron chi connectivity index (χ3n) is 7.84. The lowest BCUT2D eigenvalue weighted by atomic mass is 9.40. The number of aromatic nitrogens is 1. The first kappa shape index (κ1) is 18.9. The molecule has 0 aliphatic carbocycles. The van der Waals surface area contributed by atoms with Crippen molar-refractivity contribution in [1.82, 2.24) is 4.81 Å². The summed E-state index contributed by atoms with van der Waals surface area (Å²) in [5.41, 5.74) is 2.40. The van der Waals surface area contributed by atoms with Gasteiger partial charge < -0.3 is 4.81 Å². The third-order valence-corrected chi connectivity index (χ3v) is 7.84. The SMILES string of the molecule is CCCCc1ccc2c3[n+](oc2c1)C(C)(CC)C(C)(CC)B1N(C)CCN13. The molecular formula is C22H35BN3O+. The fourth-order valence-electron chi connectivity index (χ4n) is 5.64. The molecule has 146 valence electrons. The molecule has 0 radical (unpaired) electrons. The minimum atomic E-state index is -0.0422. The molecule has 1 fully saturated rings. The number of hydrogen-bond acceptors (Lipinski definition) is 3. The van der Waals surface area contributed by atoms with Gasteiger partial charge in [-0.25, -0.2) is 0 Å². The van der Waals surface area contributed by atoms with Gasteiger partial charge in [-0.3, -0.25) is 9.33 Å². The Kier molecular flexibility index (Phi) is 4.57. The second kappa shape index (κ2) is 6.54. The molecule has 1 saturated heterocycles. The van der Waals surface area contributed by atoms with Gasteiger partial charge in [0.25, 0.3) is 0 Å². The molecule has 0 bridgehead atoms. The predicted octanol–water partition coefficient (Wildman–Crippen LogP) is 4.61. The van der Waals surface area contributed by atoms with Crippen LogP contribution in [0.2, 0.25) is 5.31 Å². The van der Waals surface area contributed by atoms with E-state index in [4.69, 9.17) is 4.52 Å². The van der Waals surface area contributed by atoms with Gasteiger partial charge in [-0.05, 0) is 57.4 Å². The van der Waals surface area contributed by atoms with Gasteiger partial charge in [-0.1, -0.05) is 44.9 Å². The van der Waals surface area contributed by atoms with Gasteiger partial charge in [0, 0.05) is 6.54 Å². The van der Waals surface area contributed by atoms with Gasteiger partial charge >= 0.3 is 12.8 Å². The first-order valence-corrected chi connectivity index (χ1v) is 10.9. The van der Waals surface area contributed by atoms with E-state index < -0.39 is 0 Å². The van der Waals surface area contributed by atoms with Crippen molar-refractivity contribution in [3.8, 4) is 0 Å². The van der Waals surface area contributed by atoms with E-state index in [0.717, 1.165) is 37.9 Å². The van der Waals surface area contributed by atoms with Gasteiger partial charge in [-0.2, -0.15) is 0 Å². The molecule has 0 spiro atoms. The summed E-state index contributed by atoms with van der Waals surface area (Å²) in [6.45, 7) is 14.4. The van der Waals surface area contributed by atoms with Crippen molar-refractivity contribution < 1.29 is 9.26 Å². The highest BCUT2D eigenvalue weighted by Crippen LogP contribution is 2.55. The lowest BCUT2D eigenvalue weighted by Crippen LogP contribution is -2.73. The maximum Gasteiger partial charge on any atom is 0.474 e. The maximum atomic E-state index is 6.61. The van der Waals surface area contributed by atoms with E-state index in [1.54, 1.807) is 0 Å². The minimum absolute atomic E-state index is 0.0422. The molecule has 27 heavy (non-hydrogen) atoms. The predicted molar refractivity (Wildman–Crippen MR) is 113 cm³/mol. The van der Waals surface area contributed by atoms with Crippen molar-refractivity contribution in [2.45, 2.75) is 77.6 Å². The van der Waals surface area contributed by atoms with Crippen LogP contribution >= 0.6 is 0 Å². The smallest absolute Gasteiger partial charge is 0.304 e. The number of hydrogen-bond donors (Lipinski definition) is 0. The van der Waals surface area contributed by atoms with Crippen LogP contribution in [-0.4, -0.2) is 31.9 Å². The van der Waals surface area contributed by atoms with Crippen molar-refractivity contribution in [3.05, 3.63) is 23.8 Å². The Morgan fingerprint density at radius 1 is 1.15 bits per heavy atom. The van der Waals surface area contributed by atoms with E-state index in [2.05, 4.69) is 74.2 Å². The fraction of sp³-hybridized carbons (Fsp3) is 0.682. The highest BCUT2D eigenvalue weighted by Gasteiger charge is 2.69. The quantitative estimate of drug-likeness (QED) is 0.569. The van der Waals surface area contributed by atoms with E-state index >= 15 is 0 Å². The Hall–Kier alpha value is -1.49. The molecule has 2 aliphatic heterocycles. The number of fused-ring (bicyclic) bond motifs is 5. The molecule has 3 heterocycles. The lowest BCUT2D eigenvalue weighted by Gasteiger charge is -2.48. The van der Waals surface area contributed by atoms with E-state index in [9.17, 15) is 0 Å². The number of likely N-dealkylation sites (N-methyl/N-ethyl adjacent to an activating group) is 1. The molecule has 4 rings (SSSR count). The Morgan fingerprint density at radius 3 is 2.59 bits per heavy atom. The average molecular weight is 368 g/mol. The van der Waals surface area contributed by atoms with Crippen LogP contribution in [0.3, 0.4) is 0 Å². The van der Waals surface area contributed by atoms with Crippen molar-refractivity contribution in [1.29, 1.82) is 0 Å². The van der Waals surface area contributed by atoms with Crippen LogP contribution in [0.4, 0.5) is 5.82 Å². The first-order chi connectivity index (χ1) is 12.9. The molecule has 1 aromatic heterocycles. The monoisotopic (exact) mass is 368 g/mol. The second-order valence-electron chi connectivity index (χ2n) is 9.09.